The third kappa shape index (κ3) is 3.00. The van der Waals surface area contributed by atoms with Crippen LogP contribution in [-0.2, 0) is 0 Å². The van der Waals surface area contributed by atoms with Crippen LogP contribution in [-0.4, -0.2) is 4.98 Å². The number of aromatic nitrogens is 1. The maximum absolute atomic E-state index is 4.46. The summed E-state index contributed by atoms with van der Waals surface area (Å²) in [6, 6.07) is 20.7. The fourth-order valence-corrected chi connectivity index (χ4v) is 2.56. The Kier molecular flexibility index (Phi) is 3.99. The zero-order valence-corrected chi connectivity index (χ0v) is 13.7. The number of pyridine rings is 1. The molecule has 98 valence electrons. The highest BCUT2D eigenvalue weighted by molar-refractivity contribution is 9.10. The van der Waals surface area contributed by atoms with Crippen LogP contribution in [0.5, 0.6) is 0 Å². The molecular formula is C17H11Br2N. The van der Waals surface area contributed by atoms with E-state index in [-0.39, 0.29) is 0 Å². The van der Waals surface area contributed by atoms with Gasteiger partial charge in [0.2, 0.25) is 0 Å². The second-order valence-corrected chi connectivity index (χ2v) is 6.27. The van der Waals surface area contributed by atoms with E-state index in [9.17, 15) is 0 Å². The molecule has 0 aliphatic rings. The molecule has 3 heteroatoms. The molecule has 0 radical (unpaired) electrons. The molecule has 2 aromatic carbocycles. The van der Waals surface area contributed by atoms with Crippen molar-refractivity contribution >= 4 is 31.9 Å². The molecule has 0 aliphatic heterocycles. The minimum absolute atomic E-state index is 0.984. The van der Waals surface area contributed by atoms with Crippen LogP contribution in [0.3, 0.4) is 0 Å². The van der Waals surface area contributed by atoms with Crippen LogP contribution in [0.2, 0.25) is 0 Å². The Balaban J connectivity index is 2.01. The fraction of sp³-hybridized carbons (Fsp3) is 0. The van der Waals surface area contributed by atoms with Gasteiger partial charge in [-0.05, 0) is 47.5 Å². The van der Waals surface area contributed by atoms with E-state index >= 15 is 0 Å². The fourth-order valence-electron chi connectivity index (χ4n) is 2.03. The zero-order chi connectivity index (χ0) is 13.9. The van der Waals surface area contributed by atoms with Gasteiger partial charge in [0.15, 0.2) is 0 Å². The summed E-state index contributed by atoms with van der Waals surface area (Å²) in [4.78, 5) is 4.46. The highest BCUT2D eigenvalue weighted by atomic mass is 79.9. The Morgan fingerprint density at radius 2 is 1.15 bits per heavy atom. The highest BCUT2D eigenvalue weighted by Crippen LogP contribution is 2.26. The number of benzene rings is 2. The van der Waals surface area contributed by atoms with E-state index in [1.54, 1.807) is 0 Å². The molecule has 0 unspecified atom stereocenters. The SMILES string of the molecule is Brc1ccc(-c2ccnc(-c3ccc(Br)cc3)c2)cc1. The molecule has 0 saturated carbocycles. The lowest BCUT2D eigenvalue weighted by Gasteiger charge is -2.05. The van der Waals surface area contributed by atoms with E-state index in [4.69, 9.17) is 0 Å². The van der Waals surface area contributed by atoms with Crippen molar-refractivity contribution in [3.8, 4) is 22.4 Å². The van der Waals surface area contributed by atoms with Gasteiger partial charge >= 0.3 is 0 Å². The minimum atomic E-state index is 0.984. The quantitative estimate of drug-likeness (QED) is 0.529. The first-order valence-corrected chi connectivity index (χ1v) is 7.79. The van der Waals surface area contributed by atoms with E-state index in [0.29, 0.717) is 0 Å². The molecule has 3 aromatic rings. The summed E-state index contributed by atoms with van der Waals surface area (Å²) < 4.78 is 2.16. The third-order valence-electron chi connectivity index (χ3n) is 3.08. The molecule has 1 aromatic heterocycles. The molecule has 0 aliphatic carbocycles. The lowest BCUT2D eigenvalue weighted by Crippen LogP contribution is -1.85. The van der Waals surface area contributed by atoms with Crippen LogP contribution in [0.1, 0.15) is 0 Å². The van der Waals surface area contributed by atoms with Crippen molar-refractivity contribution < 1.29 is 0 Å². The predicted molar refractivity (Wildman–Crippen MR) is 90.5 cm³/mol. The van der Waals surface area contributed by atoms with Crippen molar-refractivity contribution in [2.45, 2.75) is 0 Å². The van der Waals surface area contributed by atoms with Gasteiger partial charge in [0.05, 0.1) is 5.69 Å². The lowest BCUT2D eigenvalue weighted by atomic mass is 10.0. The molecule has 20 heavy (non-hydrogen) atoms. The number of nitrogens with zero attached hydrogens (tertiary/aromatic N) is 1. The van der Waals surface area contributed by atoms with E-state index in [1.807, 2.05) is 24.4 Å². The first kappa shape index (κ1) is 13.5. The van der Waals surface area contributed by atoms with Crippen molar-refractivity contribution in [3.05, 3.63) is 75.8 Å². The summed E-state index contributed by atoms with van der Waals surface area (Å²) in [5.74, 6) is 0. The average molecular weight is 389 g/mol. The summed E-state index contributed by atoms with van der Waals surface area (Å²) >= 11 is 6.91. The predicted octanol–water partition coefficient (Wildman–Crippen LogP) is 5.94. The molecule has 1 heterocycles. The van der Waals surface area contributed by atoms with E-state index in [1.165, 1.54) is 11.1 Å². The first-order chi connectivity index (χ1) is 9.72. The maximum Gasteiger partial charge on any atom is 0.0708 e. The van der Waals surface area contributed by atoms with Crippen molar-refractivity contribution in [1.82, 2.24) is 4.98 Å². The molecule has 1 nitrogen and oxygen atoms in total. The van der Waals surface area contributed by atoms with Gasteiger partial charge in [-0.2, -0.15) is 0 Å². The van der Waals surface area contributed by atoms with E-state index in [0.717, 1.165) is 20.2 Å². The Bertz CT molecular complexity index is 658. The summed E-state index contributed by atoms with van der Waals surface area (Å²) in [6.07, 6.45) is 1.86. The van der Waals surface area contributed by atoms with Gasteiger partial charge < -0.3 is 0 Å². The zero-order valence-electron chi connectivity index (χ0n) is 10.6. The Morgan fingerprint density at radius 3 is 1.75 bits per heavy atom. The molecule has 0 atom stereocenters. The smallest absolute Gasteiger partial charge is 0.0708 e. The molecule has 0 N–H and O–H groups in total. The largest absolute Gasteiger partial charge is 0.256 e. The number of rotatable bonds is 2. The molecule has 3 rings (SSSR count). The normalized spacial score (nSPS) is 10.5. The number of hydrogen-bond acceptors (Lipinski definition) is 1. The molecule has 0 fully saturated rings. The second kappa shape index (κ2) is 5.90. The monoisotopic (exact) mass is 387 g/mol. The van der Waals surface area contributed by atoms with Crippen LogP contribution >= 0.6 is 31.9 Å². The van der Waals surface area contributed by atoms with Crippen LogP contribution in [0.15, 0.2) is 75.8 Å². The lowest BCUT2D eigenvalue weighted by molar-refractivity contribution is 1.32. The molecule has 0 amide bonds. The first-order valence-electron chi connectivity index (χ1n) is 6.20. The van der Waals surface area contributed by atoms with Gasteiger partial charge in [0.1, 0.15) is 0 Å². The van der Waals surface area contributed by atoms with Crippen molar-refractivity contribution in [1.29, 1.82) is 0 Å². The molecule has 0 bridgehead atoms. The van der Waals surface area contributed by atoms with Crippen molar-refractivity contribution in [2.75, 3.05) is 0 Å². The maximum atomic E-state index is 4.46. The van der Waals surface area contributed by atoms with Gasteiger partial charge in [-0.25, -0.2) is 0 Å². The number of halogens is 2. The summed E-state index contributed by atoms with van der Waals surface area (Å²) in [5.41, 5.74) is 4.46. The van der Waals surface area contributed by atoms with Gasteiger partial charge in [0, 0.05) is 20.7 Å². The number of hydrogen-bond donors (Lipinski definition) is 0. The van der Waals surface area contributed by atoms with Gasteiger partial charge in [0.25, 0.3) is 0 Å². The van der Waals surface area contributed by atoms with Crippen LogP contribution < -0.4 is 0 Å². The average Bonchev–Trinajstić information content (AvgIpc) is 2.49. The Labute approximate surface area is 135 Å². The minimum Gasteiger partial charge on any atom is -0.256 e. The Hall–Kier alpha value is -1.45. The van der Waals surface area contributed by atoms with Crippen LogP contribution in [0.25, 0.3) is 22.4 Å². The third-order valence-corrected chi connectivity index (χ3v) is 4.13. The summed E-state index contributed by atoms with van der Waals surface area (Å²) in [5, 5.41) is 0. The topological polar surface area (TPSA) is 12.9 Å². The van der Waals surface area contributed by atoms with Gasteiger partial charge in [-0.3, -0.25) is 4.98 Å². The molecule has 0 saturated heterocycles. The second-order valence-electron chi connectivity index (χ2n) is 4.44. The van der Waals surface area contributed by atoms with Crippen LogP contribution in [0.4, 0.5) is 0 Å². The van der Waals surface area contributed by atoms with E-state index < -0.39 is 0 Å². The van der Waals surface area contributed by atoms with Gasteiger partial charge in [-0.1, -0.05) is 56.1 Å². The van der Waals surface area contributed by atoms with Crippen molar-refractivity contribution in [3.63, 3.8) is 0 Å². The van der Waals surface area contributed by atoms with Crippen molar-refractivity contribution in [2.24, 2.45) is 0 Å². The summed E-state index contributed by atoms with van der Waals surface area (Å²) in [7, 11) is 0. The summed E-state index contributed by atoms with van der Waals surface area (Å²) in [6.45, 7) is 0. The van der Waals surface area contributed by atoms with Gasteiger partial charge in [-0.15, -0.1) is 0 Å². The Morgan fingerprint density at radius 1 is 0.600 bits per heavy atom. The standard InChI is InChI=1S/C17H11Br2N/c18-15-5-1-12(2-6-15)14-9-10-20-17(11-14)13-3-7-16(19)8-4-13/h1-11H. The molecule has 0 spiro atoms. The highest BCUT2D eigenvalue weighted by Gasteiger charge is 2.03. The van der Waals surface area contributed by atoms with E-state index in [2.05, 4.69) is 79.3 Å². The molecular weight excluding hydrogens is 378 g/mol. The van der Waals surface area contributed by atoms with Crippen LogP contribution in [0, 0.1) is 0 Å².